The van der Waals surface area contributed by atoms with Gasteiger partial charge in [0.25, 0.3) is 5.91 Å². The van der Waals surface area contributed by atoms with Crippen molar-refractivity contribution in [2.24, 2.45) is 0 Å². The van der Waals surface area contributed by atoms with E-state index in [0.29, 0.717) is 17.0 Å². The van der Waals surface area contributed by atoms with Gasteiger partial charge in [0.05, 0.1) is 17.2 Å². The first-order chi connectivity index (χ1) is 9.72. The molecule has 1 amide bonds. The fraction of sp³-hybridized carbons (Fsp3) is 0.214. The molecule has 1 unspecified atom stereocenters. The first-order valence-corrected chi connectivity index (χ1v) is 6.06. The zero-order chi connectivity index (χ0) is 14.4. The first kappa shape index (κ1) is 13.8. The Hall–Kier alpha value is -2.65. The van der Waals surface area contributed by atoms with Gasteiger partial charge >= 0.3 is 0 Å². The number of carbonyl (C=O) groups is 1. The normalized spacial score (nSPS) is 11.3. The lowest BCUT2D eigenvalue weighted by Crippen LogP contribution is -2.28. The second-order valence-corrected chi connectivity index (χ2v) is 4.05. The molecule has 2 aromatic rings. The van der Waals surface area contributed by atoms with E-state index in [0.717, 1.165) is 0 Å². The summed E-state index contributed by atoms with van der Waals surface area (Å²) < 4.78 is 0. The minimum atomic E-state index is -0.265. The predicted molar refractivity (Wildman–Crippen MR) is 72.7 cm³/mol. The van der Waals surface area contributed by atoms with Crippen molar-refractivity contribution < 1.29 is 9.90 Å². The van der Waals surface area contributed by atoms with E-state index in [1.54, 1.807) is 18.5 Å². The van der Waals surface area contributed by atoms with Crippen LogP contribution >= 0.6 is 0 Å². The largest absolute Gasteiger partial charge is 0.384 e. The van der Waals surface area contributed by atoms with Crippen LogP contribution in [-0.4, -0.2) is 32.6 Å². The second kappa shape index (κ2) is 6.50. The molecule has 20 heavy (non-hydrogen) atoms. The van der Waals surface area contributed by atoms with E-state index < -0.39 is 0 Å². The zero-order valence-corrected chi connectivity index (χ0v) is 10.9. The third-order valence-corrected chi connectivity index (χ3v) is 2.64. The van der Waals surface area contributed by atoms with Gasteiger partial charge in [-0.2, -0.15) is 0 Å². The van der Waals surface area contributed by atoms with Crippen LogP contribution in [0.4, 0.5) is 0 Å². The van der Waals surface area contributed by atoms with Crippen LogP contribution in [0.25, 0.3) is 0 Å². The SMILES string of the molecule is CC(NC(=O)c1ccncc1C#CCO)c1ncc[nH]1. The van der Waals surface area contributed by atoms with Crippen LogP contribution in [0.1, 0.15) is 34.7 Å². The van der Waals surface area contributed by atoms with Crippen LogP contribution in [0.5, 0.6) is 0 Å². The van der Waals surface area contributed by atoms with Crippen LogP contribution in [0.3, 0.4) is 0 Å². The lowest BCUT2D eigenvalue weighted by atomic mass is 10.1. The average Bonchev–Trinajstić information content (AvgIpc) is 2.99. The van der Waals surface area contributed by atoms with Gasteiger partial charge in [-0.1, -0.05) is 11.8 Å². The molecule has 102 valence electrons. The number of aromatic nitrogens is 3. The topological polar surface area (TPSA) is 90.9 Å². The van der Waals surface area contributed by atoms with Crippen LogP contribution in [0.15, 0.2) is 30.9 Å². The molecule has 0 fully saturated rings. The molecule has 0 saturated heterocycles. The highest BCUT2D eigenvalue weighted by Gasteiger charge is 2.15. The molecule has 2 heterocycles. The Labute approximate surface area is 116 Å². The monoisotopic (exact) mass is 270 g/mol. The number of hydrogen-bond donors (Lipinski definition) is 3. The summed E-state index contributed by atoms with van der Waals surface area (Å²) in [6.07, 6.45) is 6.34. The maximum Gasteiger partial charge on any atom is 0.253 e. The van der Waals surface area contributed by atoms with E-state index in [2.05, 4.69) is 32.1 Å². The molecule has 6 heteroatoms. The van der Waals surface area contributed by atoms with E-state index in [1.165, 1.54) is 12.4 Å². The first-order valence-electron chi connectivity index (χ1n) is 6.06. The Morgan fingerprint density at radius 3 is 3.10 bits per heavy atom. The number of amides is 1. The molecule has 3 N–H and O–H groups in total. The summed E-state index contributed by atoms with van der Waals surface area (Å²) in [5.41, 5.74) is 0.894. The minimum absolute atomic E-state index is 0.246. The van der Waals surface area contributed by atoms with Gasteiger partial charge in [0, 0.05) is 24.8 Å². The molecule has 6 nitrogen and oxygen atoms in total. The number of aliphatic hydroxyl groups excluding tert-OH is 1. The Morgan fingerprint density at radius 2 is 2.40 bits per heavy atom. The molecule has 2 rings (SSSR count). The average molecular weight is 270 g/mol. The fourth-order valence-electron chi connectivity index (χ4n) is 1.68. The van der Waals surface area contributed by atoms with Crippen molar-refractivity contribution in [1.29, 1.82) is 0 Å². The quantitative estimate of drug-likeness (QED) is 0.714. The number of nitrogens with zero attached hydrogens (tertiary/aromatic N) is 2. The van der Waals surface area contributed by atoms with Crippen molar-refractivity contribution in [2.75, 3.05) is 6.61 Å². The van der Waals surface area contributed by atoms with Crippen molar-refractivity contribution in [3.63, 3.8) is 0 Å². The number of rotatable bonds is 3. The number of aliphatic hydroxyl groups is 1. The molecule has 0 saturated carbocycles. The van der Waals surface area contributed by atoms with Gasteiger partial charge in [0.1, 0.15) is 12.4 Å². The van der Waals surface area contributed by atoms with Crippen molar-refractivity contribution in [3.05, 3.63) is 47.8 Å². The second-order valence-electron chi connectivity index (χ2n) is 4.05. The molecule has 0 aliphatic rings. The summed E-state index contributed by atoms with van der Waals surface area (Å²) in [4.78, 5) is 23.2. The molecule has 0 spiro atoms. The molecular weight excluding hydrogens is 256 g/mol. The van der Waals surface area contributed by atoms with Crippen LogP contribution in [-0.2, 0) is 0 Å². The molecule has 2 aromatic heterocycles. The van der Waals surface area contributed by atoms with Crippen LogP contribution < -0.4 is 5.32 Å². The minimum Gasteiger partial charge on any atom is -0.384 e. The molecule has 1 atom stereocenters. The highest BCUT2D eigenvalue weighted by atomic mass is 16.2. The van der Waals surface area contributed by atoms with Gasteiger partial charge in [0.2, 0.25) is 0 Å². The van der Waals surface area contributed by atoms with E-state index in [-0.39, 0.29) is 18.6 Å². The molecule has 0 aromatic carbocycles. The van der Waals surface area contributed by atoms with Gasteiger partial charge in [0.15, 0.2) is 0 Å². The van der Waals surface area contributed by atoms with E-state index in [4.69, 9.17) is 5.11 Å². The number of pyridine rings is 1. The maximum absolute atomic E-state index is 12.2. The molecule has 0 aliphatic heterocycles. The number of carbonyl (C=O) groups excluding carboxylic acids is 1. The summed E-state index contributed by atoms with van der Waals surface area (Å²) in [6.45, 7) is 1.57. The Bertz CT molecular complexity index is 641. The molecule has 0 bridgehead atoms. The Morgan fingerprint density at radius 1 is 1.55 bits per heavy atom. The Kier molecular flexibility index (Phi) is 4.47. The summed E-state index contributed by atoms with van der Waals surface area (Å²) >= 11 is 0. The molecule has 0 radical (unpaired) electrons. The number of hydrogen-bond acceptors (Lipinski definition) is 4. The predicted octanol–water partition coefficient (Wildman–Crippen LogP) is 0.640. The summed E-state index contributed by atoms with van der Waals surface area (Å²) in [5.74, 6) is 5.62. The van der Waals surface area contributed by atoms with Gasteiger partial charge in [-0.25, -0.2) is 4.98 Å². The Balaban J connectivity index is 2.17. The van der Waals surface area contributed by atoms with E-state index >= 15 is 0 Å². The highest BCUT2D eigenvalue weighted by molar-refractivity contribution is 5.96. The van der Waals surface area contributed by atoms with Crippen molar-refractivity contribution in [2.45, 2.75) is 13.0 Å². The third-order valence-electron chi connectivity index (χ3n) is 2.64. The summed E-state index contributed by atoms with van der Waals surface area (Å²) in [6, 6.07) is 1.34. The fourth-order valence-corrected chi connectivity index (χ4v) is 1.68. The third kappa shape index (κ3) is 3.22. The smallest absolute Gasteiger partial charge is 0.253 e. The highest BCUT2D eigenvalue weighted by Crippen LogP contribution is 2.10. The van der Waals surface area contributed by atoms with Gasteiger partial charge in [-0.3, -0.25) is 9.78 Å². The standard InChI is InChI=1S/C14H14N4O2/c1-10(13-16-6-7-17-13)18-14(20)12-4-5-15-9-11(12)3-2-8-19/h4-7,9-10,19H,8H2,1H3,(H,16,17)(H,18,20). The van der Waals surface area contributed by atoms with Gasteiger partial charge in [-0.05, 0) is 13.0 Å². The van der Waals surface area contributed by atoms with Crippen LogP contribution in [0.2, 0.25) is 0 Å². The maximum atomic E-state index is 12.2. The number of H-pyrrole nitrogens is 1. The zero-order valence-electron chi connectivity index (χ0n) is 10.9. The molecule has 0 aliphatic carbocycles. The van der Waals surface area contributed by atoms with Crippen molar-refractivity contribution in [1.82, 2.24) is 20.3 Å². The van der Waals surface area contributed by atoms with Gasteiger partial charge in [-0.15, -0.1) is 0 Å². The van der Waals surface area contributed by atoms with E-state index in [1.807, 2.05) is 6.92 Å². The lowest BCUT2D eigenvalue weighted by molar-refractivity contribution is 0.0938. The molecular formula is C14H14N4O2. The number of aromatic amines is 1. The van der Waals surface area contributed by atoms with Crippen molar-refractivity contribution >= 4 is 5.91 Å². The lowest BCUT2D eigenvalue weighted by Gasteiger charge is -2.12. The number of imidazole rings is 1. The van der Waals surface area contributed by atoms with Crippen molar-refractivity contribution in [3.8, 4) is 11.8 Å². The van der Waals surface area contributed by atoms with E-state index in [9.17, 15) is 4.79 Å². The van der Waals surface area contributed by atoms with Crippen LogP contribution in [0, 0.1) is 11.8 Å². The van der Waals surface area contributed by atoms with Gasteiger partial charge < -0.3 is 15.4 Å². The summed E-state index contributed by atoms with van der Waals surface area (Å²) in [5, 5.41) is 11.5. The number of nitrogens with one attached hydrogen (secondary N) is 2. The summed E-state index contributed by atoms with van der Waals surface area (Å²) in [7, 11) is 0.